The number of carbonyl (C=O) groups is 1. The molecule has 0 amide bonds. The quantitative estimate of drug-likeness (QED) is 0.0177. The number of imidazole rings is 1. The van der Waals surface area contributed by atoms with Gasteiger partial charge in [0.15, 0.2) is 11.5 Å². The monoisotopic (exact) mass is 1020 g/mol. The third-order valence-corrected chi connectivity index (χ3v) is 15.5. The number of halogens is 1. The first kappa shape index (κ1) is 52.0. The Morgan fingerprint density at radius 3 is 2.32 bits per heavy atom. The van der Waals surface area contributed by atoms with Crippen LogP contribution in [0.4, 0.5) is 10.3 Å². The molecule has 6 N–H and O–H groups in total. The lowest BCUT2D eigenvalue weighted by Crippen LogP contribution is -2.31. The number of anilines is 1. The Morgan fingerprint density at radius 1 is 0.870 bits per heavy atom. The molecule has 0 radical (unpaired) electrons. The number of nitrogen functional groups attached to an aromatic ring is 1. The van der Waals surface area contributed by atoms with Crippen LogP contribution in [-0.2, 0) is 42.7 Å². The van der Waals surface area contributed by atoms with E-state index in [1.165, 1.54) is 78.3 Å². The molecule has 2 aliphatic heterocycles. The molecule has 0 spiro atoms. The SMILES string of the molecule is NCCCCCCCCCCOc1ccc(C(=O)Oc2ccc(CSP(=O)(OF)OC[C@H]3O[C@@H](n4cnc5c(N)ncnc54)C[C@@H]3OP(=O)(O)OC[C@@H]3CC[C@H](n4ccc(=O)[nH]c4=O)O3)cc2)cc1. The second-order valence-electron chi connectivity index (χ2n) is 16.3. The number of hydrogen-bond donors (Lipinski definition) is 4. The minimum Gasteiger partial charge on any atom is -0.494 e. The van der Waals surface area contributed by atoms with E-state index in [2.05, 4.69) is 24.7 Å². The average molecular weight is 1020 g/mol. The van der Waals surface area contributed by atoms with Crippen molar-refractivity contribution < 1.29 is 60.6 Å². The van der Waals surface area contributed by atoms with Crippen molar-refractivity contribution >= 4 is 49.0 Å². The van der Waals surface area contributed by atoms with Gasteiger partial charge in [-0.1, -0.05) is 55.4 Å². The fourth-order valence-corrected chi connectivity index (χ4v) is 11.1. The molecule has 22 nitrogen and oxygen atoms in total. The number of phosphoric acid groups is 1. The van der Waals surface area contributed by atoms with Gasteiger partial charge < -0.3 is 35.3 Å². The Balaban J connectivity index is 0.894. The largest absolute Gasteiger partial charge is 0.494 e. The average Bonchev–Trinajstić information content (AvgIpc) is 4.10. The topological polar surface area (TPSA) is 296 Å². The molecule has 2 fully saturated rings. The van der Waals surface area contributed by atoms with Crippen LogP contribution in [0.1, 0.15) is 99.0 Å². The molecule has 69 heavy (non-hydrogen) atoms. The van der Waals surface area contributed by atoms with Crippen LogP contribution in [0.2, 0.25) is 0 Å². The molecular formula is C43H55FN8O14P2S. The summed E-state index contributed by atoms with van der Waals surface area (Å²) in [5, 5.41) is 0. The van der Waals surface area contributed by atoms with Gasteiger partial charge in [-0.2, -0.15) is 0 Å². The fourth-order valence-electron chi connectivity index (χ4n) is 7.66. The summed E-state index contributed by atoms with van der Waals surface area (Å²) in [6.07, 6.45) is 8.66. The van der Waals surface area contributed by atoms with Crippen LogP contribution in [0.25, 0.3) is 11.2 Å². The van der Waals surface area contributed by atoms with E-state index >= 15 is 0 Å². The summed E-state index contributed by atoms with van der Waals surface area (Å²) in [5.41, 5.74) is 11.7. The molecule has 5 heterocycles. The number of nitrogens with one attached hydrogen (secondary N) is 1. The van der Waals surface area contributed by atoms with E-state index in [0.29, 0.717) is 47.7 Å². The number of rotatable bonds is 27. The molecule has 0 saturated carbocycles. The van der Waals surface area contributed by atoms with Gasteiger partial charge in [0.2, 0.25) is 0 Å². The standard InChI is InChI=1S/C43H55FN8O14P2S/c44-66-68(58,69-26-29-9-13-32(14-10-29)63-42(54)30-11-15-31(16-12-30)59-22-8-6-4-2-1-3-5-7-20-45)61-25-35-34(23-38(64-35)52-28-49-39-40(46)47-27-48-41(39)52)65-67(56,57)60-24-33-17-18-37(62-33)51-21-19-36(53)50-43(51)55/h9-16,19,21,27-28,33-35,37-38H,1-8,17-18,20,22-26,45H2,(H,56,57)(H2,46,47,48)(H,50,53,55)/t33-,34-,35+,37+,38+,68?/m0/s1. The number of aromatic nitrogens is 6. The number of benzene rings is 2. The summed E-state index contributed by atoms with van der Waals surface area (Å²) in [6.45, 7) is -4.26. The maximum Gasteiger partial charge on any atom is 0.472 e. The number of ether oxygens (including phenoxy) is 4. The minimum absolute atomic E-state index is 0.0665. The van der Waals surface area contributed by atoms with E-state index in [1.807, 2.05) is 0 Å². The number of hydrogen-bond acceptors (Lipinski definition) is 19. The van der Waals surface area contributed by atoms with Crippen LogP contribution in [0, 0.1) is 0 Å². The lowest BCUT2D eigenvalue weighted by atomic mass is 10.1. The van der Waals surface area contributed by atoms with Gasteiger partial charge in [-0.3, -0.25) is 32.5 Å². The summed E-state index contributed by atoms with van der Waals surface area (Å²) in [7, 11) is -4.89. The second kappa shape index (κ2) is 24.8. The van der Waals surface area contributed by atoms with Crippen molar-refractivity contribution in [2.24, 2.45) is 5.73 Å². The summed E-state index contributed by atoms with van der Waals surface area (Å²) in [4.78, 5) is 62.0. The summed E-state index contributed by atoms with van der Waals surface area (Å²) in [5.74, 6) is 0.335. The summed E-state index contributed by atoms with van der Waals surface area (Å²) < 4.78 is 87.2. The van der Waals surface area contributed by atoms with Crippen LogP contribution >= 0.6 is 26.0 Å². The minimum atomic E-state index is -4.89. The van der Waals surface area contributed by atoms with Crippen molar-refractivity contribution in [3.63, 3.8) is 0 Å². The molecule has 0 aliphatic carbocycles. The van der Waals surface area contributed by atoms with Crippen molar-refractivity contribution in [1.82, 2.24) is 29.1 Å². The first-order valence-corrected chi connectivity index (χ1v) is 27.1. The van der Waals surface area contributed by atoms with E-state index in [0.717, 1.165) is 25.8 Å². The van der Waals surface area contributed by atoms with Gasteiger partial charge in [-0.25, -0.2) is 33.7 Å². The lowest BCUT2D eigenvalue weighted by molar-refractivity contribution is -0.0579. The predicted molar refractivity (Wildman–Crippen MR) is 250 cm³/mol. The second-order valence-corrected chi connectivity index (χ2v) is 21.6. The molecular weight excluding hydrogens is 966 g/mol. The Hall–Kier alpha value is -4.84. The van der Waals surface area contributed by atoms with Crippen molar-refractivity contribution in [2.45, 2.75) is 107 Å². The number of aromatic amines is 1. The van der Waals surface area contributed by atoms with Gasteiger partial charge in [0, 0.05) is 24.4 Å². The highest BCUT2D eigenvalue weighted by Gasteiger charge is 2.44. The third kappa shape index (κ3) is 14.8. The van der Waals surface area contributed by atoms with E-state index in [1.54, 1.807) is 36.4 Å². The van der Waals surface area contributed by atoms with Gasteiger partial charge >= 0.3 is 26.3 Å². The first-order chi connectivity index (χ1) is 33.3. The fraction of sp³-hybridized carbons (Fsp3) is 0.488. The molecule has 374 valence electrons. The van der Waals surface area contributed by atoms with Gasteiger partial charge in [-0.05, 0) is 90.1 Å². The number of H-pyrrole nitrogens is 1. The predicted octanol–water partition coefficient (Wildman–Crippen LogP) is 7.06. The number of fused-ring (bicyclic) bond motifs is 1. The number of unbranched alkanes of at least 4 members (excludes halogenated alkanes) is 7. The van der Waals surface area contributed by atoms with Crippen molar-refractivity contribution in [2.75, 3.05) is 32.1 Å². The van der Waals surface area contributed by atoms with Gasteiger partial charge in [0.1, 0.15) is 48.0 Å². The Labute approximate surface area is 399 Å². The molecule has 2 unspecified atom stereocenters. The summed E-state index contributed by atoms with van der Waals surface area (Å²) in [6, 6.07) is 14.1. The number of nitrogens with two attached hydrogens (primary N) is 2. The maximum atomic E-state index is 14.0. The summed E-state index contributed by atoms with van der Waals surface area (Å²) >= 11 is 0.519. The Morgan fingerprint density at radius 2 is 1.59 bits per heavy atom. The van der Waals surface area contributed by atoms with E-state index < -0.39 is 75.8 Å². The molecule has 7 atom stereocenters. The molecule has 7 rings (SSSR count). The molecule has 3 aromatic heterocycles. The highest BCUT2D eigenvalue weighted by atomic mass is 32.7. The van der Waals surface area contributed by atoms with Crippen LogP contribution in [0.5, 0.6) is 11.5 Å². The van der Waals surface area contributed by atoms with Crippen molar-refractivity contribution in [3.8, 4) is 11.5 Å². The zero-order valence-electron chi connectivity index (χ0n) is 37.5. The van der Waals surface area contributed by atoms with E-state index in [4.69, 9.17) is 44.0 Å². The van der Waals surface area contributed by atoms with Crippen LogP contribution in [0.15, 0.2) is 83.0 Å². The number of nitrogens with zero attached hydrogens (tertiary/aromatic N) is 5. The molecule has 26 heteroatoms. The Kier molecular flexibility index (Phi) is 18.7. The van der Waals surface area contributed by atoms with Crippen molar-refractivity contribution in [1.29, 1.82) is 0 Å². The number of carbonyl (C=O) groups excluding carboxylic acids is 1. The highest BCUT2D eigenvalue weighted by molar-refractivity contribution is 8.54. The smallest absolute Gasteiger partial charge is 0.472 e. The van der Waals surface area contributed by atoms with Crippen LogP contribution in [0.3, 0.4) is 0 Å². The zero-order valence-corrected chi connectivity index (χ0v) is 40.1. The molecule has 0 bridgehead atoms. The normalized spacial score (nSPS) is 21.0. The third-order valence-electron chi connectivity index (χ3n) is 11.3. The zero-order chi connectivity index (χ0) is 48.8. The number of esters is 1. The molecule has 2 saturated heterocycles. The first-order valence-electron chi connectivity index (χ1n) is 22.5. The van der Waals surface area contributed by atoms with Crippen molar-refractivity contribution in [3.05, 3.63) is 105 Å². The lowest BCUT2D eigenvalue weighted by Gasteiger charge is -2.23. The number of phosphoric ester groups is 1. The van der Waals surface area contributed by atoms with Gasteiger partial charge in [-0.15, -0.1) is 0 Å². The molecule has 2 aromatic carbocycles. The van der Waals surface area contributed by atoms with Crippen LogP contribution in [-0.4, -0.2) is 84.6 Å². The van der Waals surface area contributed by atoms with Crippen LogP contribution < -0.4 is 32.2 Å². The van der Waals surface area contributed by atoms with Gasteiger partial charge in [0.25, 0.3) is 5.56 Å². The molecule has 2 aliphatic rings. The molecule has 5 aromatic rings. The van der Waals surface area contributed by atoms with E-state index in [9.17, 15) is 32.9 Å². The Bertz CT molecular complexity index is 2680. The highest BCUT2D eigenvalue weighted by Crippen LogP contribution is 2.62. The van der Waals surface area contributed by atoms with Gasteiger partial charge in [0.05, 0.1) is 37.8 Å². The van der Waals surface area contributed by atoms with E-state index in [-0.39, 0.29) is 34.9 Å². The maximum absolute atomic E-state index is 14.0.